The van der Waals surface area contributed by atoms with Crippen LogP contribution in [0.5, 0.6) is 0 Å². The van der Waals surface area contributed by atoms with Crippen molar-refractivity contribution in [3.05, 3.63) is 145 Å². The van der Waals surface area contributed by atoms with E-state index in [0.29, 0.717) is 0 Å². The standard InChI is InChI=1S/C18H26N4.2C10H8N2.2ClHO4.Ru/c19-9-3-1-5-15-7-11-21-17(13-15)18-14-16(8-12-22-18)6-2-4-10-20;2*1-3-7-11-9(5-1)10-6-2-4-8-12-10;2*2-1(3,4)5;/h7-8,11-14H,1-6,9-10,19-20H2;2*1-8H;2*(H,2,3,4,5);/q;;;;;+2/p-2. The Bertz CT molecular complexity index is 1660. The maximum atomic E-state index is 8.49. The van der Waals surface area contributed by atoms with Gasteiger partial charge in [-0.05, 0) is 136 Å². The summed E-state index contributed by atoms with van der Waals surface area (Å²) in [6.07, 6.45) is 17.3. The van der Waals surface area contributed by atoms with Crippen LogP contribution in [0.25, 0.3) is 34.2 Å². The van der Waals surface area contributed by atoms with Gasteiger partial charge in [-0.3, -0.25) is 29.9 Å². The van der Waals surface area contributed by atoms with Gasteiger partial charge in [-0.2, -0.15) is 0 Å². The van der Waals surface area contributed by atoms with Crippen LogP contribution in [0.15, 0.2) is 134 Å². The minimum absolute atomic E-state index is 0. The van der Waals surface area contributed by atoms with Crippen molar-refractivity contribution in [1.82, 2.24) is 29.9 Å². The van der Waals surface area contributed by atoms with Crippen LogP contribution in [-0.4, -0.2) is 43.0 Å². The molecule has 0 bridgehead atoms. The van der Waals surface area contributed by atoms with Gasteiger partial charge in [0.1, 0.15) is 0 Å². The Morgan fingerprint density at radius 3 is 0.860 bits per heavy atom. The molecule has 0 atom stereocenters. The molecule has 0 amide bonds. The largest absolute Gasteiger partial charge is 2.00 e. The first-order chi connectivity index (χ1) is 26.8. The molecule has 16 nitrogen and oxygen atoms in total. The summed E-state index contributed by atoms with van der Waals surface area (Å²) in [5.41, 5.74) is 19.3. The van der Waals surface area contributed by atoms with Crippen LogP contribution < -0.4 is 48.7 Å². The van der Waals surface area contributed by atoms with Crippen molar-refractivity contribution in [3.63, 3.8) is 0 Å². The molecule has 0 fully saturated rings. The normalized spacial score (nSPS) is 10.4. The third kappa shape index (κ3) is 26.3. The Morgan fingerprint density at radius 1 is 0.368 bits per heavy atom. The van der Waals surface area contributed by atoms with Crippen LogP contribution in [0.2, 0.25) is 0 Å². The number of unbranched alkanes of at least 4 members (excludes halogenated alkanes) is 2. The van der Waals surface area contributed by atoms with E-state index in [9.17, 15) is 0 Å². The number of aromatic nitrogens is 6. The second kappa shape index (κ2) is 29.0. The molecular formula is C38H42Cl2N8O8Ru. The maximum absolute atomic E-state index is 8.49. The SMILES string of the molecule is NCCCCc1ccnc(-c2cc(CCCCN)ccn2)c1.[O-][Cl+3]([O-])([O-])[O-].[O-][Cl+3]([O-])([O-])[O-].[Ru+2].c1ccc(-c2ccccn2)nc1.c1ccc(-c2ccccn2)nc1. The van der Waals surface area contributed by atoms with Crippen LogP contribution in [-0.2, 0) is 32.3 Å². The van der Waals surface area contributed by atoms with Gasteiger partial charge in [0.25, 0.3) is 0 Å². The fourth-order valence-electron chi connectivity index (χ4n) is 4.54. The molecule has 0 aromatic carbocycles. The van der Waals surface area contributed by atoms with Crippen molar-refractivity contribution in [2.75, 3.05) is 13.1 Å². The number of aryl methyl sites for hydroxylation is 2. The van der Waals surface area contributed by atoms with Gasteiger partial charge in [0, 0.05) is 37.2 Å². The number of nitrogens with zero attached hydrogens (tertiary/aromatic N) is 6. The van der Waals surface area contributed by atoms with Crippen molar-refractivity contribution in [3.8, 4) is 34.2 Å². The summed E-state index contributed by atoms with van der Waals surface area (Å²) in [5.74, 6) is 0. The molecule has 0 aliphatic carbocycles. The second-order valence-electron chi connectivity index (χ2n) is 11.2. The quantitative estimate of drug-likeness (QED) is 0.100. The number of pyridine rings is 6. The van der Waals surface area contributed by atoms with Gasteiger partial charge in [0.2, 0.25) is 0 Å². The van der Waals surface area contributed by atoms with Gasteiger partial charge < -0.3 is 11.5 Å². The summed E-state index contributed by atoms with van der Waals surface area (Å²) in [7, 11) is -9.89. The number of nitrogens with two attached hydrogens (primary N) is 2. The minimum Gasteiger partial charge on any atom is -0.330 e. The summed E-state index contributed by atoms with van der Waals surface area (Å²) >= 11 is 0. The average molecular weight is 911 g/mol. The molecule has 0 spiro atoms. The van der Waals surface area contributed by atoms with Gasteiger partial charge in [0.05, 0.1) is 34.2 Å². The Balaban J connectivity index is 0.000000396. The third-order valence-corrected chi connectivity index (χ3v) is 6.93. The molecule has 6 aromatic heterocycles. The van der Waals surface area contributed by atoms with Crippen molar-refractivity contribution < 1.29 is 77.2 Å². The fourth-order valence-corrected chi connectivity index (χ4v) is 4.54. The molecule has 4 N–H and O–H groups in total. The molecule has 0 aliphatic heterocycles. The van der Waals surface area contributed by atoms with Crippen LogP contribution in [0.3, 0.4) is 0 Å². The van der Waals surface area contributed by atoms with E-state index in [-0.39, 0.29) is 19.5 Å². The van der Waals surface area contributed by atoms with Gasteiger partial charge in [-0.1, -0.05) is 24.3 Å². The van der Waals surface area contributed by atoms with E-state index in [1.54, 1.807) is 24.8 Å². The molecule has 6 rings (SSSR count). The Morgan fingerprint density at radius 2 is 0.632 bits per heavy atom. The van der Waals surface area contributed by atoms with Crippen molar-refractivity contribution >= 4 is 0 Å². The first kappa shape index (κ1) is 50.7. The smallest absolute Gasteiger partial charge is 0.330 e. The van der Waals surface area contributed by atoms with E-state index in [2.05, 4.69) is 54.2 Å². The molecule has 19 heteroatoms. The fraction of sp³-hybridized carbons (Fsp3) is 0.211. The Kier molecular flexibility index (Phi) is 25.8. The van der Waals surface area contributed by atoms with Crippen LogP contribution >= 0.6 is 0 Å². The molecule has 0 unspecified atom stereocenters. The predicted octanol–water partition coefficient (Wildman–Crippen LogP) is -2.52. The average Bonchev–Trinajstić information content (AvgIpc) is 3.19. The molecule has 57 heavy (non-hydrogen) atoms. The first-order valence-corrected chi connectivity index (χ1v) is 19.4. The Hall–Kier alpha value is -4.30. The van der Waals surface area contributed by atoms with Crippen molar-refractivity contribution in [2.45, 2.75) is 38.5 Å². The molecule has 6 aromatic rings. The predicted molar refractivity (Wildman–Crippen MR) is 186 cm³/mol. The molecule has 0 saturated carbocycles. The zero-order valence-electron chi connectivity index (χ0n) is 30.6. The van der Waals surface area contributed by atoms with E-state index < -0.39 is 20.5 Å². The van der Waals surface area contributed by atoms with E-state index in [4.69, 9.17) is 48.7 Å². The maximum Gasteiger partial charge on any atom is 2.00 e. The molecule has 6 heterocycles. The van der Waals surface area contributed by atoms with Crippen LogP contribution in [0, 0.1) is 20.5 Å². The van der Waals surface area contributed by atoms with E-state index in [1.807, 2.05) is 85.2 Å². The number of rotatable bonds is 11. The monoisotopic (exact) mass is 910 g/mol. The summed E-state index contributed by atoms with van der Waals surface area (Å²) in [4.78, 5) is 25.7. The third-order valence-electron chi connectivity index (χ3n) is 6.93. The van der Waals surface area contributed by atoms with Gasteiger partial charge in [-0.15, -0.1) is 20.5 Å². The second-order valence-corrected chi connectivity index (χ2v) is 12.7. The van der Waals surface area contributed by atoms with Crippen molar-refractivity contribution in [2.24, 2.45) is 11.5 Å². The van der Waals surface area contributed by atoms with Gasteiger partial charge >= 0.3 is 19.5 Å². The summed E-state index contributed by atoms with van der Waals surface area (Å²) < 4.78 is 67.9. The number of halogens is 2. The molecule has 304 valence electrons. The van der Waals surface area contributed by atoms with Gasteiger partial charge in [-0.25, -0.2) is 37.3 Å². The zero-order chi connectivity index (χ0) is 41.1. The molecular weight excluding hydrogens is 868 g/mol. The first-order valence-electron chi connectivity index (χ1n) is 17.0. The Labute approximate surface area is 348 Å². The van der Waals surface area contributed by atoms with Crippen molar-refractivity contribution in [1.29, 1.82) is 0 Å². The van der Waals surface area contributed by atoms with Crippen LogP contribution in [0.4, 0.5) is 0 Å². The summed E-state index contributed by atoms with van der Waals surface area (Å²) in [5, 5.41) is 0. The number of hydrogen-bond donors (Lipinski definition) is 2. The molecule has 0 aliphatic rings. The topological polar surface area (TPSA) is 314 Å². The zero-order valence-corrected chi connectivity index (χ0v) is 33.8. The van der Waals surface area contributed by atoms with Crippen LogP contribution in [0.1, 0.15) is 36.8 Å². The van der Waals surface area contributed by atoms with Gasteiger partial charge in [0.15, 0.2) is 0 Å². The minimum atomic E-state index is -4.94. The molecule has 0 saturated heterocycles. The van der Waals surface area contributed by atoms with E-state index >= 15 is 0 Å². The number of hydrogen-bond acceptors (Lipinski definition) is 16. The summed E-state index contributed by atoms with van der Waals surface area (Å²) in [6, 6.07) is 31.6. The summed E-state index contributed by atoms with van der Waals surface area (Å²) in [6.45, 7) is 1.51. The van der Waals surface area contributed by atoms with E-state index in [1.165, 1.54) is 11.1 Å². The molecule has 0 radical (unpaired) electrons. The van der Waals surface area contributed by atoms with E-state index in [0.717, 1.165) is 85.8 Å².